The first kappa shape index (κ1) is 15.5. The summed E-state index contributed by atoms with van der Waals surface area (Å²) in [6.07, 6.45) is 3.33. The minimum Gasteiger partial charge on any atom is -0.294 e. The number of benzene rings is 1. The van der Waals surface area contributed by atoms with Crippen LogP contribution >= 0.6 is 23.2 Å². The van der Waals surface area contributed by atoms with Crippen LogP contribution in [0.1, 0.15) is 10.5 Å². The molecule has 3 rings (SSSR count). The highest BCUT2D eigenvalue weighted by Crippen LogP contribution is 2.24. The van der Waals surface area contributed by atoms with Crippen molar-refractivity contribution >= 4 is 34.9 Å². The van der Waals surface area contributed by atoms with Crippen LogP contribution in [0.5, 0.6) is 0 Å². The molecular weight excluding hydrogens is 335 g/mol. The zero-order chi connectivity index (χ0) is 16.4. The zero-order valence-corrected chi connectivity index (χ0v) is 13.7. The maximum atomic E-state index is 12.5. The van der Waals surface area contributed by atoms with Crippen LogP contribution in [0.3, 0.4) is 0 Å². The summed E-state index contributed by atoms with van der Waals surface area (Å²) in [7, 11) is 1.66. The molecule has 0 saturated carbocycles. The Morgan fingerprint density at radius 2 is 1.96 bits per heavy atom. The van der Waals surface area contributed by atoms with Gasteiger partial charge in [-0.1, -0.05) is 29.3 Å². The van der Waals surface area contributed by atoms with Crippen LogP contribution < -0.4 is 4.90 Å². The van der Waals surface area contributed by atoms with Gasteiger partial charge in [-0.2, -0.15) is 5.10 Å². The number of anilines is 1. The molecule has 0 N–H and O–H groups in total. The van der Waals surface area contributed by atoms with Crippen LogP contribution in [0.4, 0.5) is 5.82 Å². The molecule has 0 unspecified atom stereocenters. The van der Waals surface area contributed by atoms with Crippen molar-refractivity contribution in [1.82, 2.24) is 14.8 Å². The third-order valence-electron chi connectivity index (χ3n) is 3.27. The lowest BCUT2D eigenvalue weighted by Crippen LogP contribution is -2.27. The average Bonchev–Trinajstić information content (AvgIpc) is 3.07. The molecule has 5 nitrogen and oxygen atoms in total. The summed E-state index contributed by atoms with van der Waals surface area (Å²) in [5.41, 5.74) is 1.03. The zero-order valence-electron chi connectivity index (χ0n) is 12.1. The van der Waals surface area contributed by atoms with Gasteiger partial charge in [0.25, 0.3) is 5.91 Å². The maximum absolute atomic E-state index is 12.5. The fraction of sp³-hybridized carbons (Fsp3) is 0.0625. The lowest BCUT2D eigenvalue weighted by atomic mass is 10.3. The molecule has 0 saturated heterocycles. The fourth-order valence-electron chi connectivity index (χ4n) is 2.04. The Labute approximate surface area is 143 Å². The van der Waals surface area contributed by atoms with Gasteiger partial charge in [0.1, 0.15) is 5.82 Å². The van der Waals surface area contributed by atoms with Crippen molar-refractivity contribution < 1.29 is 4.79 Å². The predicted molar refractivity (Wildman–Crippen MR) is 90.6 cm³/mol. The number of rotatable bonds is 3. The average molecular weight is 347 g/mol. The normalized spacial score (nSPS) is 10.6. The van der Waals surface area contributed by atoms with Crippen LogP contribution in [0, 0.1) is 0 Å². The number of aromatic nitrogens is 3. The van der Waals surface area contributed by atoms with E-state index in [1.165, 1.54) is 4.90 Å². The van der Waals surface area contributed by atoms with E-state index in [0.29, 0.717) is 21.6 Å². The van der Waals surface area contributed by atoms with Crippen molar-refractivity contribution in [2.75, 3.05) is 11.9 Å². The molecule has 0 aliphatic carbocycles. The Morgan fingerprint density at radius 3 is 2.65 bits per heavy atom. The smallest absolute Gasteiger partial charge is 0.279 e. The minimum absolute atomic E-state index is 0.248. The number of halogens is 2. The lowest BCUT2D eigenvalue weighted by molar-refractivity contribution is 0.0987. The molecule has 0 aliphatic rings. The van der Waals surface area contributed by atoms with Crippen molar-refractivity contribution in [2.45, 2.75) is 0 Å². The van der Waals surface area contributed by atoms with E-state index in [9.17, 15) is 4.79 Å². The highest BCUT2D eigenvalue weighted by molar-refractivity contribution is 6.42. The topological polar surface area (TPSA) is 51.0 Å². The van der Waals surface area contributed by atoms with Crippen molar-refractivity contribution in [3.8, 4) is 5.69 Å². The van der Waals surface area contributed by atoms with Crippen molar-refractivity contribution in [3.05, 3.63) is 70.6 Å². The Hall–Kier alpha value is -2.37. The lowest BCUT2D eigenvalue weighted by Gasteiger charge is -2.14. The summed E-state index contributed by atoms with van der Waals surface area (Å²) in [5, 5.41) is 5.19. The molecule has 2 aromatic heterocycles. The number of amides is 1. The first-order chi connectivity index (χ1) is 11.1. The van der Waals surface area contributed by atoms with E-state index in [-0.39, 0.29) is 5.91 Å². The van der Waals surface area contributed by atoms with Crippen molar-refractivity contribution in [2.24, 2.45) is 0 Å². The summed E-state index contributed by atoms with van der Waals surface area (Å²) in [6, 6.07) is 12.2. The standard InChI is InChI=1S/C16H12Cl2N4O/c1-21(15-4-2-3-8-19-15)16(23)14-7-9-22(20-14)11-5-6-12(17)13(18)10-11/h2-10H,1H3. The van der Waals surface area contributed by atoms with E-state index >= 15 is 0 Å². The van der Waals surface area contributed by atoms with Gasteiger partial charge in [-0.05, 0) is 36.4 Å². The molecule has 2 heterocycles. The minimum atomic E-state index is -0.248. The van der Waals surface area contributed by atoms with Crippen molar-refractivity contribution in [1.29, 1.82) is 0 Å². The van der Waals surface area contributed by atoms with Crippen LogP contribution in [0.15, 0.2) is 54.9 Å². The number of carbonyl (C=O) groups is 1. The van der Waals surface area contributed by atoms with Gasteiger partial charge in [0.05, 0.1) is 15.7 Å². The van der Waals surface area contributed by atoms with Crippen LogP contribution in [0.2, 0.25) is 10.0 Å². The Balaban J connectivity index is 1.86. The molecule has 0 aliphatic heterocycles. The van der Waals surface area contributed by atoms with Crippen LogP contribution in [-0.4, -0.2) is 27.7 Å². The second-order valence-corrected chi connectivity index (χ2v) is 5.61. The summed E-state index contributed by atoms with van der Waals surface area (Å²) in [6.45, 7) is 0. The van der Waals surface area contributed by atoms with E-state index < -0.39 is 0 Å². The summed E-state index contributed by atoms with van der Waals surface area (Å²) in [4.78, 5) is 18.1. The molecule has 0 radical (unpaired) electrons. The van der Waals surface area contributed by atoms with Crippen LogP contribution in [0.25, 0.3) is 5.69 Å². The number of hydrogen-bond donors (Lipinski definition) is 0. The van der Waals surface area contributed by atoms with E-state index in [2.05, 4.69) is 10.1 Å². The molecule has 1 aromatic carbocycles. The molecule has 23 heavy (non-hydrogen) atoms. The maximum Gasteiger partial charge on any atom is 0.279 e. The molecule has 1 amide bonds. The predicted octanol–water partition coefficient (Wildman–Crippen LogP) is 3.85. The SMILES string of the molecule is CN(C(=O)c1ccn(-c2ccc(Cl)c(Cl)c2)n1)c1ccccn1. The molecule has 3 aromatic rings. The van der Waals surface area contributed by atoms with Gasteiger partial charge in [-0.25, -0.2) is 9.67 Å². The van der Waals surface area contributed by atoms with E-state index in [1.807, 2.05) is 6.07 Å². The van der Waals surface area contributed by atoms with Crippen molar-refractivity contribution in [3.63, 3.8) is 0 Å². The van der Waals surface area contributed by atoms with Gasteiger partial charge in [0.2, 0.25) is 0 Å². The molecule has 116 valence electrons. The quantitative estimate of drug-likeness (QED) is 0.723. The summed E-state index contributed by atoms with van der Waals surface area (Å²) in [5.74, 6) is 0.309. The van der Waals surface area contributed by atoms with E-state index in [0.717, 1.165) is 5.69 Å². The molecule has 0 bridgehead atoms. The molecule has 0 atom stereocenters. The van der Waals surface area contributed by atoms with Gasteiger partial charge < -0.3 is 0 Å². The molecule has 0 spiro atoms. The Kier molecular flexibility index (Phi) is 4.32. The third-order valence-corrected chi connectivity index (χ3v) is 4.01. The highest BCUT2D eigenvalue weighted by atomic mass is 35.5. The summed E-state index contributed by atoms with van der Waals surface area (Å²) >= 11 is 11.9. The highest BCUT2D eigenvalue weighted by Gasteiger charge is 2.17. The summed E-state index contributed by atoms with van der Waals surface area (Å²) < 4.78 is 1.57. The molecule has 0 fully saturated rings. The number of hydrogen-bond acceptors (Lipinski definition) is 3. The van der Waals surface area contributed by atoms with Crippen LogP contribution in [-0.2, 0) is 0 Å². The first-order valence-corrected chi connectivity index (χ1v) is 7.52. The second-order valence-electron chi connectivity index (χ2n) is 4.80. The number of pyridine rings is 1. The van der Waals surface area contributed by atoms with Gasteiger partial charge >= 0.3 is 0 Å². The Morgan fingerprint density at radius 1 is 1.13 bits per heavy atom. The Bertz CT molecular complexity index is 848. The van der Waals surface area contributed by atoms with Gasteiger partial charge in [0, 0.05) is 19.4 Å². The van der Waals surface area contributed by atoms with Gasteiger partial charge in [0.15, 0.2) is 5.69 Å². The van der Waals surface area contributed by atoms with Gasteiger partial charge in [-0.15, -0.1) is 0 Å². The third kappa shape index (κ3) is 3.21. The number of nitrogens with zero attached hydrogens (tertiary/aromatic N) is 4. The molecule has 7 heteroatoms. The van der Waals surface area contributed by atoms with E-state index in [1.54, 1.807) is 60.5 Å². The fourth-order valence-corrected chi connectivity index (χ4v) is 2.33. The van der Waals surface area contributed by atoms with Gasteiger partial charge in [-0.3, -0.25) is 9.69 Å². The van der Waals surface area contributed by atoms with E-state index in [4.69, 9.17) is 23.2 Å². The largest absolute Gasteiger partial charge is 0.294 e. The monoisotopic (exact) mass is 346 g/mol. The first-order valence-electron chi connectivity index (χ1n) is 6.76. The number of carbonyl (C=O) groups excluding carboxylic acids is 1. The second kappa shape index (κ2) is 6.40. The molecular formula is C16H12Cl2N4O.